The molecular formula is C18H16FN5O2. The number of imidazole rings is 1. The lowest BCUT2D eigenvalue weighted by molar-refractivity contribution is 0.0744. The quantitative estimate of drug-likeness (QED) is 0.737. The van der Waals surface area contributed by atoms with Gasteiger partial charge in [-0.25, -0.2) is 14.4 Å². The van der Waals surface area contributed by atoms with Crippen LogP contribution in [0, 0.1) is 19.7 Å². The Balaban J connectivity index is 1.63. The van der Waals surface area contributed by atoms with E-state index in [1.165, 1.54) is 12.1 Å². The highest BCUT2D eigenvalue weighted by Crippen LogP contribution is 2.23. The summed E-state index contributed by atoms with van der Waals surface area (Å²) in [5, 5.41) is 0. The van der Waals surface area contributed by atoms with Crippen molar-refractivity contribution in [1.29, 1.82) is 0 Å². The maximum Gasteiger partial charge on any atom is 0.275 e. The van der Waals surface area contributed by atoms with Crippen LogP contribution < -0.4 is 5.56 Å². The van der Waals surface area contributed by atoms with Crippen molar-refractivity contribution in [2.75, 3.05) is 0 Å². The van der Waals surface area contributed by atoms with Crippen LogP contribution in [-0.2, 0) is 13.1 Å². The Morgan fingerprint density at radius 3 is 2.58 bits per heavy atom. The van der Waals surface area contributed by atoms with E-state index in [0.29, 0.717) is 34.2 Å². The smallest absolute Gasteiger partial charge is 0.275 e. The number of benzene rings is 1. The molecule has 0 aliphatic carbocycles. The minimum absolute atomic E-state index is 0.203. The first-order valence-corrected chi connectivity index (χ1v) is 8.13. The Morgan fingerprint density at radius 2 is 1.85 bits per heavy atom. The molecule has 0 unspecified atom stereocenters. The third kappa shape index (κ3) is 2.69. The molecule has 0 saturated carbocycles. The van der Waals surface area contributed by atoms with Crippen molar-refractivity contribution in [2.45, 2.75) is 26.9 Å². The highest BCUT2D eigenvalue weighted by Gasteiger charge is 2.30. The second-order valence-electron chi connectivity index (χ2n) is 6.30. The lowest BCUT2D eigenvalue weighted by atomic mass is 10.2. The van der Waals surface area contributed by atoms with Crippen molar-refractivity contribution in [3.05, 3.63) is 68.9 Å². The number of nitrogens with one attached hydrogen (secondary N) is 2. The number of aryl methyl sites for hydroxylation is 2. The predicted octanol–water partition coefficient (Wildman–Crippen LogP) is 2.07. The van der Waals surface area contributed by atoms with E-state index < -0.39 is 0 Å². The molecule has 132 valence electrons. The average Bonchev–Trinajstić information content (AvgIpc) is 3.19. The average molecular weight is 353 g/mol. The fourth-order valence-corrected chi connectivity index (χ4v) is 3.10. The van der Waals surface area contributed by atoms with E-state index in [2.05, 4.69) is 19.9 Å². The van der Waals surface area contributed by atoms with Gasteiger partial charge in [-0.15, -0.1) is 0 Å². The normalized spacial score (nSPS) is 13.1. The molecule has 7 nitrogen and oxygen atoms in total. The summed E-state index contributed by atoms with van der Waals surface area (Å²) in [5.41, 5.74) is 2.50. The van der Waals surface area contributed by atoms with Gasteiger partial charge in [0.2, 0.25) is 0 Å². The standard InChI is InChI=1S/C18H16FN5O2/c1-9-15(23-16(20-9)11-3-5-12(19)6-4-11)18(26)24-7-13-14(8-24)21-10(2)22-17(13)25/h3-6H,7-8H2,1-2H3,(H,20,23)(H,21,22,25). The summed E-state index contributed by atoms with van der Waals surface area (Å²) in [7, 11) is 0. The Hall–Kier alpha value is -3.29. The molecule has 0 spiro atoms. The Labute approximate surface area is 147 Å². The molecule has 26 heavy (non-hydrogen) atoms. The summed E-state index contributed by atoms with van der Waals surface area (Å²) in [4.78, 5) is 40.9. The van der Waals surface area contributed by atoms with Gasteiger partial charge in [-0.3, -0.25) is 9.59 Å². The lowest BCUT2D eigenvalue weighted by Gasteiger charge is -2.13. The van der Waals surface area contributed by atoms with Crippen molar-refractivity contribution in [3.8, 4) is 11.4 Å². The number of aromatic nitrogens is 4. The molecule has 0 fully saturated rings. The van der Waals surface area contributed by atoms with Crippen LogP contribution in [0.15, 0.2) is 29.1 Å². The summed E-state index contributed by atoms with van der Waals surface area (Å²) in [6, 6.07) is 5.87. The van der Waals surface area contributed by atoms with Crippen LogP contribution in [0.4, 0.5) is 4.39 Å². The molecule has 1 aliphatic heterocycles. The third-order valence-electron chi connectivity index (χ3n) is 4.40. The number of H-pyrrole nitrogens is 2. The molecule has 8 heteroatoms. The molecule has 1 amide bonds. The predicted molar refractivity (Wildman–Crippen MR) is 91.9 cm³/mol. The van der Waals surface area contributed by atoms with Crippen molar-refractivity contribution in [2.24, 2.45) is 0 Å². The number of hydrogen-bond donors (Lipinski definition) is 2. The summed E-state index contributed by atoms with van der Waals surface area (Å²) in [5.74, 6) is 0.408. The zero-order valence-electron chi connectivity index (χ0n) is 14.3. The molecule has 3 aromatic rings. The third-order valence-corrected chi connectivity index (χ3v) is 4.40. The van der Waals surface area contributed by atoms with Gasteiger partial charge in [-0.1, -0.05) is 0 Å². The number of amides is 1. The van der Waals surface area contributed by atoms with Crippen LogP contribution in [0.3, 0.4) is 0 Å². The lowest BCUT2D eigenvalue weighted by Crippen LogP contribution is -2.27. The first-order valence-electron chi connectivity index (χ1n) is 8.13. The molecule has 0 saturated heterocycles. The van der Waals surface area contributed by atoms with Gasteiger partial charge in [-0.2, -0.15) is 0 Å². The maximum atomic E-state index is 13.1. The topological polar surface area (TPSA) is 94.7 Å². The minimum atomic E-state index is -0.337. The first kappa shape index (κ1) is 16.2. The molecule has 0 bridgehead atoms. The molecule has 3 heterocycles. The highest BCUT2D eigenvalue weighted by atomic mass is 19.1. The number of carbonyl (C=O) groups is 1. The highest BCUT2D eigenvalue weighted by molar-refractivity contribution is 5.94. The van der Waals surface area contributed by atoms with Crippen LogP contribution in [0.5, 0.6) is 0 Å². The van der Waals surface area contributed by atoms with Gasteiger partial charge in [0.1, 0.15) is 23.2 Å². The van der Waals surface area contributed by atoms with E-state index in [1.807, 2.05) is 0 Å². The molecule has 0 radical (unpaired) electrons. The molecule has 1 aromatic carbocycles. The minimum Gasteiger partial charge on any atom is -0.341 e. The largest absolute Gasteiger partial charge is 0.341 e. The zero-order valence-corrected chi connectivity index (χ0v) is 14.3. The van der Waals surface area contributed by atoms with Gasteiger partial charge >= 0.3 is 0 Å². The van der Waals surface area contributed by atoms with Crippen molar-refractivity contribution in [3.63, 3.8) is 0 Å². The monoisotopic (exact) mass is 353 g/mol. The summed E-state index contributed by atoms with van der Waals surface area (Å²) < 4.78 is 13.1. The van der Waals surface area contributed by atoms with E-state index in [9.17, 15) is 14.0 Å². The number of fused-ring (bicyclic) bond motifs is 1. The molecule has 2 aromatic heterocycles. The Bertz CT molecular complexity index is 1070. The van der Waals surface area contributed by atoms with E-state index in [-0.39, 0.29) is 36.1 Å². The number of aromatic amines is 2. The fourth-order valence-electron chi connectivity index (χ4n) is 3.10. The summed E-state index contributed by atoms with van der Waals surface area (Å²) >= 11 is 0. The SMILES string of the molecule is Cc1nc2c(c(=O)[nH]1)CN(C(=O)c1nc(-c3ccc(F)cc3)[nH]c1C)C2. The van der Waals surface area contributed by atoms with Gasteiger partial charge in [-0.05, 0) is 38.1 Å². The molecule has 0 atom stereocenters. The molecular weight excluding hydrogens is 337 g/mol. The van der Waals surface area contributed by atoms with Crippen LogP contribution >= 0.6 is 0 Å². The number of carbonyl (C=O) groups excluding carboxylic acids is 1. The zero-order chi connectivity index (χ0) is 18.4. The number of halogens is 1. The maximum absolute atomic E-state index is 13.1. The van der Waals surface area contributed by atoms with Gasteiger partial charge < -0.3 is 14.9 Å². The first-order chi connectivity index (χ1) is 12.4. The van der Waals surface area contributed by atoms with Gasteiger partial charge in [0.05, 0.1) is 24.3 Å². The van der Waals surface area contributed by atoms with Gasteiger partial charge in [0.15, 0.2) is 0 Å². The number of hydrogen-bond acceptors (Lipinski definition) is 4. The summed E-state index contributed by atoms with van der Waals surface area (Å²) in [6.07, 6.45) is 0. The van der Waals surface area contributed by atoms with E-state index in [1.54, 1.807) is 30.9 Å². The fraction of sp³-hybridized carbons (Fsp3) is 0.222. The van der Waals surface area contributed by atoms with Gasteiger partial charge in [0, 0.05) is 11.3 Å². The number of nitrogens with zero attached hydrogens (tertiary/aromatic N) is 3. The molecule has 2 N–H and O–H groups in total. The van der Waals surface area contributed by atoms with Crippen molar-refractivity contribution >= 4 is 5.91 Å². The Kier molecular flexibility index (Phi) is 3.68. The van der Waals surface area contributed by atoms with Crippen LogP contribution in [0.1, 0.15) is 33.3 Å². The molecule has 1 aliphatic rings. The Morgan fingerprint density at radius 1 is 1.12 bits per heavy atom. The van der Waals surface area contributed by atoms with Crippen LogP contribution in [0.25, 0.3) is 11.4 Å². The molecule has 4 rings (SSSR count). The van der Waals surface area contributed by atoms with E-state index in [0.717, 1.165) is 0 Å². The summed E-state index contributed by atoms with van der Waals surface area (Å²) in [6.45, 7) is 3.94. The van der Waals surface area contributed by atoms with E-state index >= 15 is 0 Å². The van der Waals surface area contributed by atoms with Crippen molar-refractivity contribution < 1.29 is 9.18 Å². The van der Waals surface area contributed by atoms with Gasteiger partial charge in [0.25, 0.3) is 11.5 Å². The van der Waals surface area contributed by atoms with Crippen molar-refractivity contribution in [1.82, 2.24) is 24.8 Å². The number of rotatable bonds is 2. The second kappa shape index (κ2) is 5.91. The van der Waals surface area contributed by atoms with Crippen LogP contribution in [-0.4, -0.2) is 30.7 Å². The van der Waals surface area contributed by atoms with E-state index in [4.69, 9.17) is 0 Å². The second-order valence-corrected chi connectivity index (χ2v) is 6.30. The van der Waals surface area contributed by atoms with Crippen LogP contribution in [0.2, 0.25) is 0 Å².